The molecule has 0 aliphatic rings. The molecule has 0 aliphatic carbocycles. The van der Waals surface area contributed by atoms with Crippen molar-refractivity contribution in [2.24, 2.45) is 5.92 Å². The van der Waals surface area contributed by atoms with Gasteiger partial charge in [0.2, 0.25) is 11.0 Å². The number of amides is 1. The maximum absolute atomic E-state index is 11.2. The highest BCUT2D eigenvalue weighted by Gasteiger charge is 2.10. The average Bonchev–Trinajstić information content (AvgIpc) is 2.52. The van der Waals surface area contributed by atoms with Crippen molar-refractivity contribution >= 4 is 34.2 Å². The number of aromatic nitrogens is 2. The lowest BCUT2D eigenvalue weighted by molar-refractivity contribution is -0.118. The first-order chi connectivity index (χ1) is 6.13. The number of carbonyl (C=O) groups excluding carboxylic acids is 1. The van der Waals surface area contributed by atoms with Gasteiger partial charge in [-0.2, -0.15) is 4.37 Å². The molecule has 1 N–H and O–H groups in total. The van der Waals surface area contributed by atoms with Crippen LogP contribution in [0, 0.1) is 5.92 Å². The van der Waals surface area contributed by atoms with Crippen LogP contribution in [0.1, 0.15) is 19.7 Å². The highest BCUT2D eigenvalue weighted by atomic mass is 35.5. The van der Waals surface area contributed by atoms with Crippen molar-refractivity contribution < 1.29 is 4.79 Å². The van der Waals surface area contributed by atoms with Crippen LogP contribution < -0.4 is 5.32 Å². The summed E-state index contributed by atoms with van der Waals surface area (Å²) in [6.07, 6.45) is 0. The van der Waals surface area contributed by atoms with Gasteiger partial charge in [-0.05, 0) is 0 Å². The van der Waals surface area contributed by atoms with E-state index in [1.165, 1.54) is 0 Å². The predicted molar refractivity (Wildman–Crippen MR) is 52.9 cm³/mol. The lowest BCUT2D eigenvalue weighted by atomic mass is 10.2. The van der Waals surface area contributed by atoms with E-state index in [-0.39, 0.29) is 17.7 Å². The molecule has 6 heteroatoms. The third kappa shape index (κ3) is 2.93. The second-order valence-corrected chi connectivity index (χ2v) is 3.81. The van der Waals surface area contributed by atoms with Gasteiger partial charge in [-0.1, -0.05) is 13.8 Å². The normalized spacial score (nSPS) is 10.5. The van der Waals surface area contributed by atoms with Crippen LogP contribution in [0.2, 0.25) is 0 Å². The Balaban J connectivity index is 2.59. The molecular formula is C7H10ClN3OS. The number of carbonyl (C=O) groups is 1. The highest BCUT2D eigenvalue weighted by Crippen LogP contribution is 2.13. The second-order valence-electron chi connectivity index (χ2n) is 2.79. The van der Waals surface area contributed by atoms with Gasteiger partial charge in [0.05, 0.1) is 5.88 Å². The van der Waals surface area contributed by atoms with Gasteiger partial charge in [-0.15, -0.1) is 11.6 Å². The molecule has 13 heavy (non-hydrogen) atoms. The fourth-order valence-electron chi connectivity index (χ4n) is 0.609. The van der Waals surface area contributed by atoms with E-state index in [9.17, 15) is 4.79 Å². The Morgan fingerprint density at radius 2 is 2.38 bits per heavy atom. The van der Waals surface area contributed by atoms with Crippen LogP contribution in [0.25, 0.3) is 0 Å². The highest BCUT2D eigenvalue weighted by molar-refractivity contribution is 7.09. The Kier molecular flexibility index (Phi) is 3.62. The molecule has 0 fully saturated rings. The van der Waals surface area contributed by atoms with E-state index in [1.54, 1.807) is 0 Å². The zero-order valence-corrected chi connectivity index (χ0v) is 8.95. The number of rotatable bonds is 3. The molecule has 0 unspecified atom stereocenters. The number of nitrogens with one attached hydrogen (secondary N) is 1. The van der Waals surface area contributed by atoms with Crippen LogP contribution >= 0.6 is 23.1 Å². The van der Waals surface area contributed by atoms with Gasteiger partial charge < -0.3 is 5.32 Å². The molecule has 0 aromatic carbocycles. The maximum Gasteiger partial charge on any atom is 0.228 e. The van der Waals surface area contributed by atoms with Gasteiger partial charge in [0, 0.05) is 17.5 Å². The molecule has 1 rings (SSSR count). The molecule has 0 spiro atoms. The van der Waals surface area contributed by atoms with Crippen LogP contribution in [-0.4, -0.2) is 15.3 Å². The Labute approximate surface area is 85.5 Å². The number of anilines is 1. The fraction of sp³-hybridized carbons (Fsp3) is 0.571. The molecule has 1 aromatic heterocycles. The number of nitrogens with zero attached hydrogens (tertiary/aromatic N) is 2. The zero-order valence-electron chi connectivity index (χ0n) is 7.37. The van der Waals surface area contributed by atoms with Crippen LogP contribution in [-0.2, 0) is 10.7 Å². The standard InChI is InChI=1S/C7H10ClN3OS/c1-4(2)6(12)10-7-9-5(3-8)11-13-7/h4H,3H2,1-2H3,(H,9,10,11,12). The molecule has 1 amide bonds. The molecule has 72 valence electrons. The van der Waals surface area contributed by atoms with E-state index in [0.29, 0.717) is 11.0 Å². The van der Waals surface area contributed by atoms with Gasteiger partial charge >= 0.3 is 0 Å². The first-order valence-corrected chi connectivity index (χ1v) is 5.13. The minimum absolute atomic E-state index is 0.0525. The number of hydrogen-bond acceptors (Lipinski definition) is 4. The predicted octanol–water partition coefficient (Wildman–Crippen LogP) is 1.87. The smallest absolute Gasteiger partial charge is 0.228 e. The summed E-state index contributed by atoms with van der Waals surface area (Å²) in [4.78, 5) is 15.2. The van der Waals surface area contributed by atoms with Gasteiger partial charge in [0.25, 0.3) is 0 Å². The molecule has 0 radical (unpaired) electrons. The Hall–Kier alpha value is -0.680. The zero-order chi connectivity index (χ0) is 9.84. The summed E-state index contributed by atoms with van der Waals surface area (Å²) in [6.45, 7) is 3.64. The molecule has 1 aromatic rings. The number of hydrogen-bond donors (Lipinski definition) is 1. The van der Waals surface area contributed by atoms with E-state index in [0.717, 1.165) is 11.5 Å². The van der Waals surface area contributed by atoms with Gasteiger partial charge in [-0.3, -0.25) is 4.79 Å². The van der Waals surface area contributed by atoms with Crippen molar-refractivity contribution in [1.29, 1.82) is 0 Å². The SMILES string of the molecule is CC(C)C(=O)Nc1nc(CCl)ns1. The second kappa shape index (κ2) is 4.53. The summed E-state index contributed by atoms with van der Waals surface area (Å²) in [5.41, 5.74) is 0. The number of halogens is 1. The molecule has 0 saturated carbocycles. The van der Waals surface area contributed by atoms with Crippen molar-refractivity contribution in [2.75, 3.05) is 5.32 Å². The number of alkyl halides is 1. The minimum Gasteiger partial charge on any atom is -0.301 e. The summed E-state index contributed by atoms with van der Waals surface area (Å²) in [6, 6.07) is 0. The third-order valence-corrected chi connectivity index (χ3v) is 2.25. The summed E-state index contributed by atoms with van der Waals surface area (Å²) in [5.74, 6) is 0.708. The van der Waals surface area contributed by atoms with Crippen molar-refractivity contribution in [2.45, 2.75) is 19.7 Å². The molecule has 1 heterocycles. The van der Waals surface area contributed by atoms with Crippen molar-refractivity contribution in [3.8, 4) is 0 Å². The van der Waals surface area contributed by atoms with Crippen LogP contribution in [0.15, 0.2) is 0 Å². The van der Waals surface area contributed by atoms with Crippen molar-refractivity contribution in [3.63, 3.8) is 0 Å². The lowest BCUT2D eigenvalue weighted by Crippen LogP contribution is -2.17. The van der Waals surface area contributed by atoms with Gasteiger partial charge in [0.15, 0.2) is 5.82 Å². The van der Waals surface area contributed by atoms with E-state index in [2.05, 4.69) is 14.7 Å². The molecule has 0 bridgehead atoms. The van der Waals surface area contributed by atoms with Crippen molar-refractivity contribution in [1.82, 2.24) is 9.36 Å². The summed E-state index contributed by atoms with van der Waals surface area (Å²) >= 11 is 6.65. The average molecular weight is 220 g/mol. The topological polar surface area (TPSA) is 54.9 Å². The van der Waals surface area contributed by atoms with Crippen LogP contribution in [0.4, 0.5) is 5.13 Å². The molecule has 0 aliphatic heterocycles. The minimum atomic E-state index is -0.0581. The van der Waals surface area contributed by atoms with Gasteiger partial charge in [0.1, 0.15) is 0 Å². The van der Waals surface area contributed by atoms with Crippen LogP contribution in [0.5, 0.6) is 0 Å². The largest absolute Gasteiger partial charge is 0.301 e. The molecule has 4 nitrogen and oxygen atoms in total. The van der Waals surface area contributed by atoms with E-state index in [4.69, 9.17) is 11.6 Å². The van der Waals surface area contributed by atoms with E-state index >= 15 is 0 Å². The monoisotopic (exact) mass is 219 g/mol. The third-order valence-electron chi connectivity index (χ3n) is 1.34. The molecule has 0 saturated heterocycles. The Morgan fingerprint density at radius 1 is 1.69 bits per heavy atom. The lowest BCUT2D eigenvalue weighted by Gasteiger charge is -2.02. The Morgan fingerprint density at radius 3 is 2.85 bits per heavy atom. The first-order valence-electron chi connectivity index (χ1n) is 3.83. The quantitative estimate of drug-likeness (QED) is 0.790. The first kappa shape index (κ1) is 10.4. The summed E-state index contributed by atoms with van der Waals surface area (Å²) in [5, 5.41) is 3.15. The van der Waals surface area contributed by atoms with Crippen LogP contribution in [0.3, 0.4) is 0 Å². The van der Waals surface area contributed by atoms with E-state index < -0.39 is 0 Å². The summed E-state index contributed by atoms with van der Waals surface area (Å²) < 4.78 is 3.93. The molecule has 0 atom stereocenters. The summed E-state index contributed by atoms with van der Waals surface area (Å²) in [7, 11) is 0. The maximum atomic E-state index is 11.2. The van der Waals surface area contributed by atoms with Crippen molar-refractivity contribution in [3.05, 3.63) is 5.82 Å². The van der Waals surface area contributed by atoms with E-state index in [1.807, 2.05) is 13.8 Å². The Bertz CT molecular complexity index is 300. The van der Waals surface area contributed by atoms with Gasteiger partial charge in [-0.25, -0.2) is 4.98 Å². The fourth-order valence-corrected chi connectivity index (χ4v) is 1.39. The molecular weight excluding hydrogens is 210 g/mol.